The molecule has 0 heterocycles. The molecule has 0 atom stereocenters. The topological polar surface area (TPSA) is 41.6 Å². The van der Waals surface area contributed by atoms with Gasteiger partial charge in [0.05, 0.1) is 12.8 Å². The first-order chi connectivity index (χ1) is 11.0. The first-order valence-electron chi connectivity index (χ1n) is 7.49. The van der Waals surface area contributed by atoms with E-state index in [1.807, 2.05) is 50.2 Å². The highest BCUT2D eigenvalue weighted by Crippen LogP contribution is 2.31. The van der Waals surface area contributed by atoms with Gasteiger partial charge >= 0.3 is 6.03 Å². The second-order valence-corrected chi connectivity index (χ2v) is 5.64. The van der Waals surface area contributed by atoms with Crippen LogP contribution in [0.5, 0.6) is 5.75 Å². The zero-order valence-corrected chi connectivity index (χ0v) is 14.4. The van der Waals surface area contributed by atoms with E-state index in [4.69, 9.17) is 16.3 Å². The molecule has 0 aliphatic rings. The van der Waals surface area contributed by atoms with Crippen LogP contribution in [0.3, 0.4) is 0 Å². The number of aryl methyl sites for hydroxylation is 1. The number of hydrogen-bond donors (Lipinski definition) is 1. The number of carbonyl (C=O) groups excluding carboxylic acids is 1. The number of anilines is 1. The third kappa shape index (κ3) is 4.39. The molecule has 2 aromatic carbocycles. The van der Waals surface area contributed by atoms with E-state index in [-0.39, 0.29) is 6.03 Å². The average Bonchev–Trinajstić information content (AvgIpc) is 2.56. The Morgan fingerprint density at radius 3 is 2.57 bits per heavy atom. The van der Waals surface area contributed by atoms with Crippen molar-refractivity contribution in [2.24, 2.45) is 0 Å². The summed E-state index contributed by atoms with van der Waals surface area (Å²) in [7, 11) is 1.55. The Hall–Kier alpha value is -2.20. The van der Waals surface area contributed by atoms with E-state index in [9.17, 15) is 4.79 Å². The van der Waals surface area contributed by atoms with Gasteiger partial charge in [-0.15, -0.1) is 0 Å². The largest absolute Gasteiger partial charge is 0.495 e. The summed E-state index contributed by atoms with van der Waals surface area (Å²) >= 11 is 6.10. The molecule has 4 nitrogen and oxygen atoms in total. The van der Waals surface area contributed by atoms with Crippen molar-refractivity contribution in [3.05, 3.63) is 58.6 Å². The summed E-state index contributed by atoms with van der Waals surface area (Å²) in [5.74, 6) is 0.546. The van der Waals surface area contributed by atoms with Crippen molar-refractivity contribution in [1.82, 2.24) is 4.90 Å². The maximum absolute atomic E-state index is 12.5. The van der Waals surface area contributed by atoms with Crippen molar-refractivity contribution >= 4 is 23.3 Å². The SMILES string of the molecule is CCN(Cc1ccccc1)C(=O)Nc1cc(C)c(Cl)cc1OC. The zero-order chi connectivity index (χ0) is 16.8. The number of amides is 2. The smallest absolute Gasteiger partial charge is 0.322 e. The van der Waals surface area contributed by atoms with Gasteiger partial charge in [0.25, 0.3) is 0 Å². The average molecular weight is 333 g/mol. The van der Waals surface area contributed by atoms with Gasteiger partial charge in [-0.1, -0.05) is 41.9 Å². The van der Waals surface area contributed by atoms with E-state index in [1.54, 1.807) is 18.1 Å². The molecule has 0 aliphatic carbocycles. The molecule has 0 fully saturated rings. The van der Waals surface area contributed by atoms with Crippen molar-refractivity contribution < 1.29 is 9.53 Å². The second kappa shape index (κ2) is 7.88. The number of carbonyl (C=O) groups is 1. The fourth-order valence-electron chi connectivity index (χ4n) is 2.26. The predicted molar refractivity (Wildman–Crippen MR) is 94.3 cm³/mol. The van der Waals surface area contributed by atoms with Crippen molar-refractivity contribution in [1.29, 1.82) is 0 Å². The lowest BCUT2D eigenvalue weighted by Crippen LogP contribution is -2.34. The normalized spacial score (nSPS) is 10.3. The summed E-state index contributed by atoms with van der Waals surface area (Å²) in [4.78, 5) is 14.3. The van der Waals surface area contributed by atoms with E-state index in [0.717, 1.165) is 11.1 Å². The van der Waals surface area contributed by atoms with E-state index < -0.39 is 0 Å². The molecule has 1 N–H and O–H groups in total. The van der Waals surface area contributed by atoms with Crippen LogP contribution in [0.4, 0.5) is 10.5 Å². The third-order valence-electron chi connectivity index (χ3n) is 3.61. The third-order valence-corrected chi connectivity index (χ3v) is 4.01. The standard InChI is InChI=1S/C18H21ClN2O2/c1-4-21(12-14-8-6-5-7-9-14)18(22)20-16-10-13(2)15(19)11-17(16)23-3/h5-11H,4,12H2,1-3H3,(H,20,22). The number of methoxy groups -OCH3 is 1. The van der Waals surface area contributed by atoms with Crippen molar-refractivity contribution in [3.63, 3.8) is 0 Å². The highest BCUT2D eigenvalue weighted by molar-refractivity contribution is 6.31. The minimum absolute atomic E-state index is 0.170. The van der Waals surface area contributed by atoms with Gasteiger partial charge in [0.1, 0.15) is 5.75 Å². The zero-order valence-electron chi connectivity index (χ0n) is 13.6. The molecule has 0 aliphatic heterocycles. The Morgan fingerprint density at radius 2 is 1.96 bits per heavy atom. The minimum Gasteiger partial charge on any atom is -0.495 e. The van der Waals surface area contributed by atoms with Crippen molar-refractivity contribution in [2.45, 2.75) is 20.4 Å². The highest BCUT2D eigenvalue weighted by Gasteiger charge is 2.15. The van der Waals surface area contributed by atoms with Gasteiger partial charge in [-0.3, -0.25) is 0 Å². The summed E-state index contributed by atoms with van der Waals surface area (Å²) < 4.78 is 5.30. The number of ether oxygens (including phenoxy) is 1. The van der Waals surface area contributed by atoms with Gasteiger partial charge in [0, 0.05) is 24.2 Å². The summed E-state index contributed by atoms with van der Waals surface area (Å²) in [5, 5.41) is 3.51. The molecule has 0 unspecified atom stereocenters. The molecule has 0 saturated heterocycles. The molecule has 0 bridgehead atoms. The lowest BCUT2D eigenvalue weighted by atomic mass is 10.2. The van der Waals surface area contributed by atoms with Gasteiger partial charge in [-0.05, 0) is 31.0 Å². The van der Waals surface area contributed by atoms with Crippen LogP contribution < -0.4 is 10.1 Å². The first-order valence-corrected chi connectivity index (χ1v) is 7.87. The highest BCUT2D eigenvalue weighted by atomic mass is 35.5. The predicted octanol–water partition coefficient (Wildman–Crippen LogP) is 4.71. The molecule has 2 amide bonds. The fraction of sp³-hybridized carbons (Fsp3) is 0.278. The molecule has 0 radical (unpaired) electrons. The van der Waals surface area contributed by atoms with E-state index in [0.29, 0.717) is 29.5 Å². The maximum atomic E-state index is 12.5. The first kappa shape index (κ1) is 17.2. The Labute approximate surface area is 142 Å². The van der Waals surface area contributed by atoms with Crippen LogP contribution in [0, 0.1) is 6.92 Å². The van der Waals surface area contributed by atoms with E-state index in [2.05, 4.69) is 5.32 Å². The quantitative estimate of drug-likeness (QED) is 0.861. The van der Waals surface area contributed by atoms with Crippen molar-refractivity contribution in [2.75, 3.05) is 19.0 Å². The van der Waals surface area contributed by atoms with Crippen LogP contribution in [0.25, 0.3) is 0 Å². The number of nitrogens with zero attached hydrogens (tertiary/aromatic N) is 1. The van der Waals surface area contributed by atoms with Crippen LogP contribution in [-0.2, 0) is 6.54 Å². The second-order valence-electron chi connectivity index (χ2n) is 5.23. The van der Waals surface area contributed by atoms with Gasteiger partial charge in [-0.2, -0.15) is 0 Å². The number of hydrogen-bond acceptors (Lipinski definition) is 2. The summed E-state index contributed by atoms with van der Waals surface area (Å²) in [6.45, 7) is 5.00. The molecule has 122 valence electrons. The maximum Gasteiger partial charge on any atom is 0.322 e. The molecule has 23 heavy (non-hydrogen) atoms. The monoisotopic (exact) mass is 332 g/mol. The van der Waals surface area contributed by atoms with Gasteiger partial charge in [0.15, 0.2) is 0 Å². The summed E-state index contributed by atoms with van der Waals surface area (Å²) in [6, 6.07) is 13.2. The van der Waals surface area contributed by atoms with E-state index >= 15 is 0 Å². The Bertz CT molecular complexity index is 674. The number of benzene rings is 2. The van der Waals surface area contributed by atoms with Crippen LogP contribution in [-0.4, -0.2) is 24.6 Å². The van der Waals surface area contributed by atoms with Crippen LogP contribution in [0.15, 0.2) is 42.5 Å². The Morgan fingerprint density at radius 1 is 1.26 bits per heavy atom. The molecule has 2 aromatic rings. The summed E-state index contributed by atoms with van der Waals surface area (Å²) in [5.41, 5.74) is 2.59. The molecule has 0 spiro atoms. The molecule has 2 rings (SSSR count). The number of halogens is 1. The number of nitrogens with one attached hydrogen (secondary N) is 1. The minimum atomic E-state index is -0.170. The summed E-state index contributed by atoms with van der Waals surface area (Å²) in [6.07, 6.45) is 0. The van der Waals surface area contributed by atoms with Crippen LogP contribution in [0.1, 0.15) is 18.1 Å². The van der Waals surface area contributed by atoms with Crippen LogP contribution >= 0.6 is 11.6 Å². The van der Waals surface area contributed by atoms with Crippen LogP contribution in [0.2, 0.25) is 5.02 Å². The van der Waals surface area contributed by atoms with Crippen molar-refractivity contribution in [3.8, 4) is 5.75 Å². The lowest BCUT2D eigenvalue weighted by Gasteiger charge is -2.22. The van der Waals surface area contributed by atoms with Gasteiger partial charge in [-0.25, -0.2) is 4.79 Å². The molecule has 0 aromatic heterocycles. The van der Waals surface area contributed by atoms with Gasteiger partial charge in [0.2, 0.25) is 0 Å². The van der Waals surface area contributed by atoms with Gasteiger partial charge < -0.3 is 15.0 Å². The fourth-order valence-corrected chi connectivity index (χ4v) is 2.41. The molecular weight excluding hydrogens is 312 g/mol. The number of rotatable bonds is 5. The lowest BCUT2D eigenvalue weighted by molar-refractivity contribution is 0.212. The van der Waals surface area contributed by atoms with E-state index in [1.165, 1.54) is 0 Å². The number of urea groups is 1. The Kier molecular flexibility index (Phi) is 5.88. The molecular formula is C18H21ClN2O2. The molecule has 5 heteroatoms. The molecule has 0 saturated carbocycles. The Balaban J connectivity index is 2.15.